The molecule has 0 unspecified atom stereocenters. The molecule has 3 aromatic rings. The molecule has 1 saturated heterocycles. The number of aromatic nitrogens is 2. The lowest BCUT2D eigenvalue weighted by molar-refractivity contribution is 0.0600. The summed E-state index contributed by atoms with van der Waals surface area (Å²) in [5.41, 5.74) is 3.42. The summed E-state index contributed by atoms with van der Waals surface area (Å²) < 4.78 is 10.0. The van der Waals surface area contributed by atoms with E-state index in [0.717, 1.165) is 18.8 Å². The molecule has 8 nitrogen and oxygen atoms in total. The Labute approximate surface area is 216 Å². The van der Waals surface area contributed by atoms with E-state index in [4.69, 9.17) is 21.1 Å². The number of carbonyl (C=O) groups is 1. The van der Waals surface area contributed by atoms with Gasteiger partial charge in [0.2, 0.25) is 5.95 Å². The number of rotatable bonds is 5. The molecule has 2 aromatic carbocycles. The standard InChI is InChI=1S/C27H28ClN5O3/c1-17-15-33(16-18(2)31-17)23-9-7-22(8-10-23)32-27-29-13-19(14-30-27)5-6-20-11-21(26(34)36-4)12-24(35-3)25(20)28/h7-14,17-18,31H,15-16H2,1-4H3,(H,29,30,32)/t17-,18+. The number of hydrogen-bond donors (Lipinski definition) is 2. The van der Waals surface area contributed by atoms with Crippen LogP contribution >= 0.6 is 11.6 Å². The first-order chi connectivity index (χ1) is 17.4. The van der Waals surface area contributed by atoms with Crippen molar-refractivity contribution < 1.29 is 14.3 Å². The highest BCUT2D eigenvalue weighted by atomic mass is 35.5. The quantitative estimate of drug-likeness (QED) is 0.393. The minimum atomic E-state index is -0.503. The third-order valence-corrected chi connectivity index (χ3v) is 6.11. The highest BCUT2D eigenvalue weighted by molar-refractivity contribution is 6.33. The molecule has 1 aromatic heterocycles. The Hall–Kier alpha value is -3.80. The number of anilines is 3. The first kappa shape index (κ1) is 25.3. The van der Waals surface area contributed by atoms with Crippen LogP contribution in [0.1, 0.15) is 35.3 Å². The second-order valence-corrected chi connectivity index (χ2v) is 9.00. The Bertz CT molecular complexity index is 1280. The van der Waals surface area contributed by atoms with Crippen molar-refractivity contribution in [3.63, 3.8) is 0 Å². The molecule has 0 saturated carbocycles. The van der Waals surface area contributed by atoms with Gasteiger partial charge in [-0.2, -0.15) is 0 Å². The van der Waals surface area contributed by atoms with Crippen molar-refractivity contribution >= 4 is 34.9 Å². The molecular formula is C27H28ClN5O3. The minimum absolute atomic E-state index is 0.297. The van der Waals surface area contributed by atoms with Crippen molar-refractivity contribution in [1.29, 1.82) is 0 Å². The van der Waals surface area contributed by atoms with Gasteiger partial charge in [0.15, 0.2) is 0 Å². The van der Waals surface area contributed by atoms with E-state index in [-0.39, 0.29) is 0 Å². The number of ether oxygens (including phenoxy) is 2. The van der Waals surface area contributed by atoms with Gasteiger partial charge in [0.25, 0.3) is 0 Å². The van der Waals surface area contributed by atoms with E-state index in [1.54, 1.807) is 18.5 Å². The zero-order valence-corrected chi connectivity index (χ0v) is 21.4. The van der Waals surface area contributed by atoms with E-state index in [0.29, 0.717) is 45.5 Å². The molecule has 4 rings (SSSR count). The lowest BCUT2D eigenvalue weighted by atomic mass is 10.1. The first-order valence-electron chi connectivity index (χ1n) is 11.5. The predicted molar refractivity (Wildman–Crippen MR) is 141 cm³/mol. The SMILES string of the molecule is COC(=O)c1cc(C#Cc2cnc(Nc3ccc(N4C[C@@H](C)N[C@@H](C)C4)cc3)nc2)c(Cl)c(OC)c1. The molecule has 0 radical (unpaired) electrons. The summed E-state index contributed by atoms with van der Waals surface area (Å²) in [4.78, 5) is 23.0. The highest BCUT2D eigenvalue weighted by Gasteiger charge is 2.21. The van der Waals surface area contributed by atoms with Gasteiger partial charge in [-0.1, -0.05) is 23.4 Å². The lowest BCUT2D eigenvalue weighted by Crippen LogP contribution is -2.54. The fourth-order valence-corrected chi connectivity index (χ4v) is 4.33. The molecular weight excluding hydrogens is 478 g/mol. The van der Waals surface area contributed by atoms with Crippen LogP contribution in [0.4, 0.5) is 17.3 Å². The molecule has 1 aliphatic rings. The molecule has 0 spiro atoms. The van der Waals surface area contributed by atoms with Crippen molar-refractivity contribution in [2.45, 2.75) is 25.9 Å². The van der Waals surface area contributed by atoms with Gasteiger partial charge in [-0.15, -0.1) is 0 Å². The average Bonchev–Trinajstić information content (AvgIpc) is 2.88. The molecule has 9 heteroatoms. The molecule has 1 aliphatic heterocycles. The Morgan fingerprint density at radius 3 is 2.36 bits per heavy atom. The van der Waals surface area contributed by atoms with Crippen LogP contribution in [0.2, 0.25) is 5.02 Å². The zero-order valence-electron chi connectivity index (χ0n) is 20.6. The smallest absolute Gasteiger partial charge is 0.338 e. The van der Waals surface area contributed by atoms with Crippen molar-refractivity contribution in [3.8, 4) is 17.6 Å². The van der Waals surface area contributed by atoms with Gasteiger partial charge >= 0.3 is 5.97 Å². The van der Waals surface area contributed by atoms with Crippen LogP contribution in [0.3, 0.4) is 0 Å². The predicted octanol–water partition coefficient (Wildman–Crippen LogP) is 4.26. The van der Waals surface area contributed by atoms with Gasteiger partial charge in [0.1, 0.15) is 5.75 Å². The van der Waals surface area contributed by atoms with E-state index in [9.17, 15) is 4.79 Å². The van der Waals surface area contributed by atoms with E-state index in [2.05, 4.69) is 63.3 Å². The second kappa shape index (κ2) is 11.3. The van der Waals surface area contributed by atoms with Crippen LogP contribution in [0, 0.1) is 11.8 Å². The Kier molecular flexibility index (Phi) is 7.93. The number of carbonyl (C=O) groups excluding carboxylic acids is 1. The van der Waals surface area contributed by atoms with Crippen LogP contribution in [0.5, 0.6) is 5.75 Å². The van der Waals surface area contributed by atoms with Gasteiger partial charge in [-0.3, -0.25) is 0 Å². The molecule has 0 bridgehead atoms. The van der Waals surface area contributed by atoms with Crippen molar-refractivity contribution in [2.24, 2.45) is 0 Å². The van der Waals surface area contributed by atoms with Gasteiger partial charge in [-0.25, -0.2) is 14.8 Å². The van der Waals surface area contributed by atoms with Gasteiger partial charge < -0.3 is 25.0 Å². The fourth-order valence-electron chi connectivity index (χ4n) is 4.09. The molecule has 2 heterocycles. The zero-order chi connectivity index (χ0) is 25.7. The number of nitrogens with one attached hydrogen (secondary N) is 2. The Morgan fingerprint density at radius 1 is 1.08 bits per heavy atom. The number of methoxy groups -OCH3 is 2. The van der Waals surface area contributed by atoms with E-state index in [1.165, 1.54) is 26.0 Å². The van der Waals surface area contributed by atoms with E-state index < -0.39 is 5.97 Å². The maximum atomic E-state index is 11.9. The summed E-state index contributed by atoms with van der Waals surface area (Å²) in [6, 6.07) is 12.2. The summed E-state index contributed by atoms with van der Waals surface area (Å²) in [5, 5.41) is 7.08. The summed E-state index contributed by atoms with van der Waals surface area (Å²) in [7, 11) is 2.78. The van der Waals surface area contributed by atoms with Crippen LogP contribution in [0.15, 0.2) is 48.8 Å². The molecule has 0 aliphatic carbocycles. The summed E-state index contributed by atoms with van der Waals surface area (Å²) in [6.45, 7) is 6.37. The summed E-state index contributed by atoms with van der Waals surface area (Å²) in [6.07, 6.45) is 3.24. The topological polar surface area (TPSA) is 88.6 Å². The number of esters is 1. The number of piperazine rings is 1. The number of benzene rings is 2. The maximum absolute atomic E-state index is 11.9. The molecule has 0 amide bonds. The lowest BCUT2D eigenvalue weighted by Gasteiger charge is -2.37. The largest absolute Gasteiger partial charge is 0.495 e. The van der Waals surface area contributed by atoms with Gasteiger partial charge in [-0.05, 0) is 50.2 Å². The normalized spacial score (nSPS) is 17.1. The third-order valence-electron chi connectivity index (χ3n) is 5.72. The molecule has 186 valence electrons. The average molecular weight is 506 g/mol. The molecule has 1 fully saturated rings. The maximum Gasteiger partial charge on any atom is 0.338 e. The van der Waals surface area contributed by atoms with Gasteiger partial charge in [0, 0.05) is 54.5 Å². The fraction of sp³-hybridized carbons (Fsp3) is 0.296. The number of hydrogen-bond acceptors (Lipinski definition) is 8. The Balaban J connectivity index is 1.44. The molecule has 36 heavy (non-hydrogen) atoms. The van der Waals surface area contributed by atoms with Gasteiger partial charge in [0.05, 0.1) is 30.4 Å². The van der Waals surface area contributed by atoms with Crippen molar-refractivity contribution in [3.05, 3.63) is 70.5 Å². The third kappa shape index (κ3) is 6.06. The Morgan fingerprint density at radius 2 is 1.75 bits per heavy atom. The number of nitrogens with zero attached hydrogens (tertiary/aromatic N) is 3. The monoisotopic (exact) mass is 505 g/mol. The summed E-state index contributed by atoms with van der Waals surface area (Å²) in [5.74, 6) is 6.23. The van der Waals surface area contributed by atoms with E-state index in [1.807, 2.05) is 12.1 Å². The van der Waals surface area contributed by atoms with Crippen molar-refractivity contribution in [2.75, 3.05) is 37.5 Å². The summed E-state index contributed by atoms with van der Waals surface area (Å²) >= 11 is 6.36. The number of halogens is 1. The van der Waals surface area contributed by atoms with Crippen LogP contribution < -0.4 is 20.3 Å². The molecule has 2 atom stereocenters. The molecule has 2 N–H and O–H groups in total. The highest BCUT2D eigenvalue weighted by Crippen LogP contribution is 2.30. The van der Waals surface area contributed by atoms with Crippen molar-refractivity contribution in [1.82, 2.24) is 15.3 Å². The first-order valence-corrected chi connectivity index (χ1v) is 11.9. The van der Waals surface area contributed by atoms with Crippen LogP contribution in [0.25, 0.3) is 0 Å². The van der Waals surface area contributed by atoms with Crippen LogP contribution in [-0.2, 0) is 4.74 Å². The van der Waals surface area contributed by atoms with Crippen LogP contribution in [-0.4, -0.2) is 55.3 Å². The van der Waals surface area contributed by atoms with E-state index >= 15 is 0 Å². The second-order valence-electron chi connectivity index (χ2n) is 8.62. The minimum Gasteiger partial charge on any atom is -0.495 e.